The highest BCUT2D eigenvalue weighted by atomic mass is 16.5. The van der Waals surface area contributed by atoms with Gasteiger partial charge in [-0.1, -0.05) is 25.1 Å². The number of carbonyl (C=O) groups excluding carboxylic acids is 2. The Bertz CT molecular complexity index is 1310. The van der Waals surface area contributed by atoms with Gasteiger partial charge in [0.15, 0.2) is 0 Å². The van der Waals surface area contributed by atoms with Gasteiger partial charge in [0, 0.05) is 17.3 Å². The third kappa shape index (κ3) is 5.45. The van der Waals surface area contributed by atoms with Crippen LogP contribution in [0.4, 0.5) is 5.69 Å². The number of aliphatic hydroxyl groups excluding tert-OH is 1. The Labute approximate surface area is 216 Å². The molecular formula is C30H31NO6. The summed E-state index contributed by atoms with van der Waals surface area (Å²) < 4.78 is 16.9. The van der Waals surface area contributed by atoms with Crippen LogP contribution in [0.5, 0.6) is 17.2 Å². The van der Waals surface area contributed by atoms with E-state index in [-0.39, 0.29) is 17.4 Å². The number of anilines is 1. The molecule has 7 heteroatoms. The fourth-order valence-corrected chi connectivity index (χ4v) is 4.29. The van der Waals surface area contributed by atoms with E-state index < -0.39 is 17.7 Å². The van der Waals surface area contributed by atoms with Gasteiger partial charge in [0.05, 0.1) is 31.4 Å². The smallest absolute Gasteiger partial charge is 0.300 e. The van der Waals surface area contributed by atoms with E-state index in [2.05, 4.69) is 0 Å². The van der Waals surface area contributed by atoms with Gasteiger partial charge in [-0.05, 0) is 74.4 Å². The zero-order chi connectivity index (χ0) is 26.5. The summed E-state index contributed by atoms with van der Waals surface area (Å²) >= 11 is 0. The van der Waals surface area contributed by atoms with Crippen molar-refractivity contribution < 1.29 is 28.9 Å². The highest BCUT2D eigenvalue weighted by Gasteiger charge is 2.47. The summed E-state index contributed by atoms with van der Waals surface area (Å²) in [5.74, 6) is 0.0299. The molecular weight excluding hydrogens is 470 g/mol. The summed E-state index contributed by atoms with van der Waals surface area (Å²) in [7, 11) is 1.53. The maximum atomic E-state index is 13.4. The van der Waals surface area contributed by atoms with E-state index in [1.54, 1.807) is 54.6 Å². The summed E-state index contributed by atoms with van der Waals surface area (Å²) in [6, 6.07) is 20.1. The van der Waals surface area contributed by atoms with Crippen LogP contribution in [0.25, 0.3) is 5.76 Å². The maximum Gasteiger partial charge on any atom is 0.300 e. The Morgan fingerprint density at radius 2 is 1.65 bits per heavy atom. The molecule has 0 spiro atoms. The number of ether oxygens (including phenoxy) is 3. The van der Waals surface area contributed by atoms with Crippen molar-refractivity contribution in [3.8, 4) is 17.2 Å². The Kier molecular flexibility index (Phi) is 7.82. The molecule has 0 aromatic heterocycles. The van der Waals surface area contributed by atoms with Crippen molar-refractivity contribution in [1.29, 1.82) is 0 Å². The van der Waals surface area contributed by atoms with Crippen LogP contribution in [0.1, 0.15) is 44.4 Å². The number of ketones is 1. The van der Waals surface area contributed by atoms with Crippen LogP contribution in [0.2, 0.25) is 0 Å². The third-order valence-electron chi connectivity index (χ3n) is 5.92. The van der Waals surface area contributed by atoms with Crippen molar-refractivity contribution in [2.24, 2.45) is 0 Å². The molecule has 192 valence electrons. The van der Waals surface area contributed by atoms with Crippen LogP contribution in [0, 0.1) is 0 Å². The van der Waals surface area contributed by atoms with Crippen LogP contribution in [-0.2, 0) is 9.59 Å². The van der Waals surface area contributed by atoms with Crippen LogP contribution in [0.15, 0.2) is 78.4 Å². The van der Waals surface area contributed by atoms with Crippen LogP contribution in [-0.4, -0.2) is 36.6 Å². The van der Waals surface area contributed by atoms with E-state index in [9.17, 15) is 14.7 Å². The van der Waals surface area contributed by atoms with Gasteiger partial charge in [0.25, 0.3) is 11.7 Å². The Morgan fingerprint density at radius 1 is 0.946 bits per heavy atom. The van der Waals surface area contributed by atoms with E-state index in [1.807, 2.05) is 39.0 Å². The molecule has 1 saturated heterocycles. The van der Waals surface area contributed by atoms with Gasteiger partial charge in [-0.25, -0.2) is 0 Å². The molecule has 1 N–H and O–H groups in total. The number of hydrogen-bond donors (Lipinski definition) is 1. The second kappa shape index (κ2) is 11.2. The SMILES string of the molecule is CCCOc1cccc(C2/C(=C(\O)c3ccc(OC(C)C)cc3)C(=O)C(=O)N2c2cccc(OC)c2)c1. The molecule has 1 atom stereocenters. The highest BCUT2D eigenvalue weighted by molar-refractivity contribution is 6.51. The zero-order valence-electron chi connectivity index (χ0n) is 21.4. The number of rotatable bonds is 9. The number of carbonyl (C=O) groups is 2. The number of aliphatic hydroxyl groups is 1. The number of amides is 1. The lowest BCUT2D eigenvalue weighted by Gasteiger charge is -2.26. The molecule has 37 heavy (non-hydrogen) atoms. The first kappa shape index (κ1) is 25.8. The fraction of sp³-hybridized carbons (Fsp3) is 0.267. The number of nitrogens with zero attached hydrogens (tertiary/aromatic N) is 1. The molecule has 1 amide bonds. The predicted octanol–water partition coefficient (Wildman–Crippen LogP) is 5.90. The molecule has 1 unspecified atom stereocenters. The molecule has 0 bridgehead atoms. The molecule has 0 saturated carbocycles. The van der Waals surface area contributed by atoms with Crippen molar-refractivity contribution in [2.45, 2.75) is 39.3 Å². The molecule has 1 fully saturated rings. The van der Waals surface area contributed by atoms with Gasteiger partial charge in [-0.2, -0.15) is 0 Å². The standard InChI is InChI=1S/C30H31NO6/c1-5-16-36-25-11-6-8-21(17-25)27-26(28(32)20-12-14-23(15-13-20)37-19(2)3)29(33)30(34)31(27)22-9-7-10-24(18-22)35-4/h6-15,17-19,27,32H,5,16H2,1-4H3/b28-26+. The second-order valence-corrected chi connectivity index (χ2v) is 8.98. The highest BCUT2D eigenvalue weighted by Crippen LogP contribution is 2.43. The van der Waals surface area contributed by atoms with E-state index in [4.69, 9.17) is 14.2 Å². The Balaban J connectivity index is 1.86. The van der Waals surface area contributed by atoms with Gasteiger partial charge in [-0.15, -0.1) is 0 Å². The van der Waals surface area contributed by atoms with Gasteiger partial charge in [0.1, 0.15) is 23.0 Å². The molecule has 1 aliphatic rings. The lowest BCUT2D eigenvalue weighted by molar-refractivity contribution is -0.132. The Morgan fingerprint density at radius 3 is 2.32 bits per heavy atom. The largest absolute Gasteiger partial charge is 0.507 e. The summed E-state index contributed by atoms with van der Waals surface area (Å²) in [6.07, 6.45) is 0.832. The quantitative estimate of drug-likeness (QED) is 0.223. The summed E-state index contributed by atoms with van der Waals surface area (Å²) in [4.78, 5) is 28.2. The topological polar surface area (TPSA) is 85.3 Å². The summed E-state index contributed by atoms with van der Waals surface area (Å²) in [6.45, 7) is 6.39. The minimum Gasteiger partial charge on any atom is -0.507 e. The molecule has 0 aliphatic carbocycles. The molecule has 4 rings (SSSR count). The van der Waals surface area contributed by atoms with E-state index in [0.29, 0.717) is 40.7 Å². The molecule has 3 aromatic carbocycles. The number of Topliss-reactive ketones (excluding diaryl/α,β-unsaturated/α-hetero) is 1. The molecule has 1 aliphatic heterocycles. The molecule has 3 aromatic rings. The van der Waals surface area contributed by atoms with Gasteiger partial charge < -0.3 is 19.3 Å². The lowest BCUT2D eigenvalue weighted by Crippen LogP contribution is -2.29. The van der Waals surface area contributed by atoms with Crippen molar-refractivity contribution in [3.63, 3.8) is 0 Å². The van der Waals surface area contributed by atoms with Crippen LogP contribution in [0.3, 0.4) is 0 Å². The number of methoxy groups -OCH3 is 1. The first-order chi connectivity index (χ1) is 17.8. The van der Waals surface area contributed by atoms with E-state index >= 15 is 0 Å². The van der Waals surface area contributed by atoms with Crippen molar-refractivity contribution in [3.05, 3.63) is 89.5 Å². The zero-order valence-corrected chi connectivity index (χ0v) is 21.4. The van der Waals surface area contributed by atoms with E-state index in [1.165, 1.54) is 12.0 Å². The van der Waals surface area contributed by atoms with Gasteiger partial charge >= 0.3 is 0 Å². The van der Waals surface area contributed by atoms with Crippen molar-refractivity contribution >= 4 is 23.1 Å². The van der Waals surface area contributed by atoms with Crippen molar-refractivity contribution in [2.75, 3.05) is 18.6 Å². The van der Waals surface area contributed by atoms with Crippen LogP contribution >= 0.6 is 0 Å². The van der Waals surface area contributed by atoms with Gasteiger partial charge in [0.2, 0.25) is 0 Å². The lowest BCUT2D eigenvalue weighted by atomic mass is 9.95. The average molecular weight is 502 g/mol. The predicted molar refractivity (Wildman–Crippen MR) is 142 cm³/mol. The van der Waals surface area contributed by atoms with E-state index in [0.717, 1.165) is 6.42 Å². The first-order valence-electron chi connectivity index (χ1n) is 12.3. The normalized spacial score (nSPS) is 16.8. The maximum absolute atomic E-state index is 13.4. The second-order valence-electron chi connectivity index (χ2n) is 8.98. The molecule has 1 heterocycles. The fourth-order valence-electron chi connectivity index (χ4n) is 4.29. The minimum absolute atomic E-state index is 0.00186. The molecule has 0 radical (unpaired) electrons. The Hall–Kier alpha value is -4.26. The number of hydrogen-bond acceptors (Lipinski definition) is 6. The van der Waals surface area contributed by atoms with Gasteiger partial charge in [-0.3, -0.25) is 14.5 Å². The third-order valence-corrected chi connectivity index (χ3v) is 5.92. The summed E-state index contributed by atoms with van der Waals surface area (Å²) in [5.41, 5.74) is 1.52. The molecule has 7 nitrogen and oxygen atoms in total. The summed E-state index contributed by atoms with van der Waals surface area (Å²) in [5, 5.41) is 11.4. The van der Waals surface area contributed by atoms with Crippen LogP contribution < -0.4 is 19.1 Å². The van der Waals surface area contributed by atoms with Crippen molar-refractivity contribution in [1.82, 2.24) is 0 Å². The minimum atomic E-state index is -0.871. The average Bonchev–Trinajstić information content (AvgIpc) is 3.17. The monoisotopic (exact) mass is 501 g/mol. The number of benzene rings is 3. The first-order valence-corrected chi connectivity index (χ1v) is 12.3.